The predicted molar refractivity (Wildman–Crippen MR) is 76.4 cm³/mol. The van der Waals surface area contributed by atoms with Gasteiger partial charge in [0, 0.05) is 0 Å². The molecular weight excluding hydrogens is 348 g/mol. The van der Waals surface area contributed by atoms with Gasteiger partial charge in [-0.05, 0) is 49.4 Å². The van der Waals surface area contributed by atoms with Crippen LogP contribution in [-0.2, 0) is 4.79 Å². The highest BCUT2D eigenvalue weighted by Gasteiger charge is 2.28. The molecule has 0 N–H and O–H groups in total. The van der Waals surface area contributed by atoms with Crippen molar-refractivity contribution in [2.45, 2.75) is 20.8 Å². The highest BCUT2D eigenvalue weighted by Crippen LogP contribution is 2.34. The number of ether oxygens (including phenoxy) is 1. The molecule has 0 saturated carbocycles. The minimum Gasteiger partial charge on any atom is -0.423 e. The normalized spacial score (nSPS) is 10.9. The highest BCUT2D eigenvalue weighted by molar-refractivity contribution is 9.28. The molecule has 0 atom stereocenters. The molecule has 0 saturated heterocycles. The van der Waals surface area contributed by atoms with E-state index in [9.17, 15) is 4.79 Å². The van der Waals surface area contributed by atoms with Crippen molar-refractivity contribution in [1.82, 2.24) is 0 Å². The quantitative estimate of drug-likeness (QED) is 0.435. The SMILES string of the molecule is CC(C)(C)C(C(=O)Oc1ccccc1)=C(Br)Br. The summed E-state index contributed by atoms with van der Waals surface area (Å²) in [6.45, 7) is 5.87. The number of benzene rings is 1. The van der Waals surface area contributed by atoms with Crippen LogP contribution in [0.3, 0.4) is 0 Å². The summed E-state index contributed by atoms with van der Waals surface area (Å²) in [7, 11) is 0. The Morgan fingerprint density at radius 2 is 1.65 bits per heavy atom. The second kappa shape index (κ2) is 5.83. The Kier molecular flexibility index (Phi) is 4.95. The zero-order valence-electron chi connectivity index (χ0n) is 9.96. The van der Waals surface area contributed by atoms with Crippen LogP contribution in [0, 0.1) is 5.41 Å². The van der Waals surface area contributed by atoms with Crippen molar-refractivity contribution >= 4 is 37.8 Å². The van der Waals surface area contributed by atoms with Gasteiger partial charge < -0.3 is 4.74 Å². The van der Waals surface area contributed by atoms with E-state index >= 15 is 0 Å². The van der Waals surface area contributed by atoms with E-state index in [1.807, 2.05) is 39.0 Å². The van der Waals surface area contributed by atoms with E-state index in [1.165, 1.54) is 0 Å². The summed E-state index contributed by atoms with van der Waals surface area (Å²) in [5, 5.41) is 0. The standard InChI is InChI=1S/C13H14Br2O2/c1-13(2,3)10(11(14)15)12(16)17-9-7-5-4-6-8-9/h4-8H,1-3H3. The predicted octanol–water partition coefficient (Wildman–Crippen LogP) is 4.64. The Balaban J connectivity index is 2.94. The van der Waals surface area contributed by atoms with E-state index in [0.29, 0.717) is 14.7 Å². The van der Waals surface area contributed by atoms with Crippen molar-refractivity contribution in [3.63, 3.8) is 0 Å². The Morgan fingerprint density at radius 1 is 1.12 bits per heavy atom. The summed E-state index contributed by atoms with van der Waals surface area (Å²) in [4.78, 5) is 12.1. The first kappa shape index (κ1) is 14.5. The molecule has 0 radical (unpaired) electrons. The van der Waals surface area contributed by atoms with Gasteiger partial charge in [0.25, 0.3) is 0 Å². The van der Waals surface area contributed by atoms with Crippen molar-refractivity contribution in [3.8, 4) is 5.75 Å². The van der Waals surface area contributed by atoms with Gasteiger partial charge in [-0.1, -0.05) is 39.0 Å². The Labute approximate surface area is 118 Å². The Bertz CT molecular complexity index is 426. The summed E-state index contributed by atoms with van der Waals surface area (Å²) in [5.41, 5.74) is 0.273. The molecule has 1 rings (SSSR count). The van der Waals surface area contributed by atoms with Crippen molar-refractivity contribution in [1.29, 1.82) is 0 Å². The molecule has 0 aliphatic carbocycles. The van der Waals surface area contributed by atoms with Crippen LogP contribution >= 0.6 is 31.9 Å². The van der Waals surface area contributed by atoms with E-state index in [2.05, 4.69) is 31.9 Å². The number of para-hydroxylation sites is 1. The van der Waals surface area contributed by atoms with E-state index in [0.717, 1.165) is 0 Å². The van der Waals surface area contributed by atoms with Crippen LogP contribution in [0.2, 0.25) is 0 Å². The molecule has 0 spiro atoms. The Hall–Kier alpha value is -0.610. The lowest BCUT2D eigenvalue weighted by Gasteiger charge is -2.21. The van der Waals surface area contributed by atoms with Crippen LogP contribution in [0.25, 0.3) is 0 Å². The molecule has 0 unspecified atom stereocenters. The molecule has 1 aromatic rings. The number of carbonyl (C=O) groups excluding carboxylic acids is 1. The summed E-state index contributed by atoms with van der Waals surface area (Å²) >= 11 is 6.57. The fourth-order valence-electron chi connectivity index (χ4n) is 1.31. The molecule has 0 bridgehead atoms. The van der Waals surface area contributed by atoms with Crippen LogP contribution in [0.5, 0.6) is 5.75 Å². The molecule has 92 valence electrons. The average Bonchev–Trinajstić information content (AvgIpc) is 2.15. The van der Waals surface area contributed by atoms with Gasteiger partial charge in [-0.25, -0.2) is 4.79 Å². The van der Waals surface area contributed by atoms with Crippen LogP contribution in [0.1, 0.15) is 20.8 Å². The second-order valence-corrected chi connectivity index (χ2v) is 7.24. The van der Waals surface area contributed by atoms with E-state index in [1.54, 1.807) is 12.1 Å². The first-order chi connectivity index (χ1) is 7.82. The maximum absolute atomic E-state index is 12.1. The van der Waals surface area contributed by atoms with Crippen LogP contribution in [0.4, 0.5) is 0 Å². The van der Waals surface area contributed by atoms with Gasteiger partial charge in [-0.2, -0.15) is 0 Å². The van der Waals surface area contributed by atoms with Gasteiger partial charge in [0.1, 0.15) is 5.75 Å². The molecule has 0 heterocycles. The topological polar surface area (TPSA) is 26.3 Å². The zero-order chi connectivity index (χ0) is 13.1. The Morgan fingerprint density at radius 3 is 2.06 bits per heavy atom. The number of rotatable bonds is 2. The fourth-order valence-corrected chi connectivity index (χ4v) is 2.83. The number of esters is 1. The monoisotopic (exact) mass is 360 g/mol. The van der Waals surface area contributed by atoms with E-state index in [-0.39, 0.29) is 11.4 Å². The van der Waals surface area contributed by atoms with Gasteiger partial charge in [0.15, 0.2) is 0 Å². The first-order valence-electron chi connectivity index (χ1n) is 5.15. The molecule has 1 aromatic carbocycles. The third kappa shape index (κ3) is 4.28. The number of halogens is 2. The van der Waals surface area contributed by atoms with Crippen molar-refractivity contribution in [3.05, 3.63) is 39.3 Å². The summed E-state index contributed by atoms with van der Waals surface area (Å²) < 4.78 is 5.93. The van der Waals surface area contributed by atoms with Gasteiger partial charge >= 0.3 is 5.97 Å². The van der Waals surface area contributed by atoms with Gasteiger partial charge in [0.05, 0.1) is 8.96 Å². The molecule has 0 aliphatic rings. The molecule has 4 heteroatoms. The molecule has 0 fully saturated rings. The highest BCUT2D eigenvalue weighted by atomic mass is 79.9. The molecule has 2 nitrogen and oxygen atoms in total. The third-order valence-corrected chi connectivity index (χ3v) is 2.89. The van der Waals surface area contributed by atoms with E-state index < -0.39 is 0 Å². The first-order valence-corrected chi connectivity index (χ1v) is 6.74. The van der Waals surface area contributed by atoms with Gasteiger partial charge in [-0.15, -0.1) is 0 Å². The van der Waals surface area contributed by atoms with Gasteiger partial charge in [0.2, 0.25) is 0 Å². The second-order valence-electron chi connectivity index (χ2n) is 4.59. The molecule has 0 aromatic heterocycles. The minimum atomic E-state index is -0.354. The molecular formula is C13H14Br2O2. The lowest BCUT2D eigenvalue weighted by atomic mass is 9.88. The molecule has 0 amide bonds. The summed E-state index contributed by atoms with van der Waals surface area (Å²) in [6, 6.07) is 9.03. The average molecular weight is 362 g/mol. The third-order valence-electron chi connectivity index (χ3n) is 2.10. The molecule has 0 aliphatic heterocycles. The number of carbonyl (C=O) groups is 1. The van der Waals surface area contributed by atoms with Crippen molar-refractivity contribution in [2.75, 3.05) is 0 Å². The van der Waals surface area contributed by atoms with Crippen LogP contribution in [0.15, 0.2) is 39.3 Å². The van der Waals surface area contributed by atoms with E-state index in [4.69, 9.17) is 4.74 Å². The summed E-state index contributed by atoms with van der Waals surface area (Å²) in [6.07, 6.45) is 0. The number of hydrogen-bond acceptors (Lipinski definition) is 2. The number of hydrogen-bond donors (Lipinski definition) is 0. The maximum atomic E-state index is 12.1. The largest absolute Gasteiger partial charge is 0.423 e. The molecule has 17 heavy (non-hydrogen) atoms. The summed E-state index contributed by atoms with van der Waals surface area (Å²) in [5.74, 6) is 0.188. The van der Waals surface area contributed by atoms with Crippen molar-refractivity contribution in [2.24, 2.45) is 5.41 Å². The van der Waals surface area contributed by atoms with Gasteiger partial charge in [-0.3, -0.25) is 0 Å². The zero-order valence-corrected chi connectivity index (χ0v) is 13.1. The van der Waals surface area contributed by atoms with Crippen LogP contribution in [-0.4, -0.2) is 5.97 Å². The maximum Gasteiger partial charge on any atom is 0.341 e. The van der Waals surface area contributed by atoms with Crippen molar-refractivity contribution < 1.29 is 9.53 Å². The lowest BCUT2D eigenvalue weighted by molar-refractivity contribution is -0.131. The lowest BCUT2D eigenvalue weighted by Crippen LogP contribution is -2.22. The fraction of sp³-hybridized carbons (Fsp3) is 0.308. The smallest absolute Gasteiger partial charge is 0.341 e. The van der Waals surface area contributed by atoms with Crippen LogP contribution < -0.4 is 4.74 Å². The minimum absolute atomic E-state index is 0.297.